The normalized spacial score (nSPS) is 19.1. The molecule has 10 nitrogen and oxygen atoms in total. The number of nitrogens with one attached hydrogen (secondary N) is 2. The van der Waals surface area contributed by atoms with E-state index in [9.17, 15) is 23.8 Å². The molecule has 0 rings (SSSR count). The number of carbonyl (C=O) groups excluding carboxylic acids is 2. The Bertz CT molecular complexity index is 571. The second-order valence-corrected chi connectivity index (χ2v) is 9.58. The topological polar surface area (TPSA) is 185 Å². The molecule has 0 radical (unpaired) electrons. The summed E-state index contributed by atoms with van der Waals surface area (Å²) in [6, 6.07) is -1.80. The Kier molecular flexibility index (Phi) is 10.8. The van der Waals surface area contributed by atoms with Crippen molar-refractivity contribution in [3.8, 4) is 0 Å². The molecule has 27 heavy (non-hydrogen) atoms. The van der Waals surface area contributed by atoms with Crippen LogP contribution < -0.4 is 22.1 Å². The van der Waals surface area contributed by atoms with E-state index in [1.165, 1.54) is 6.92 Å². The largest absolute Gasteiger partial charge is 0.481 e. The number of carbonyl (C=O) groups is 3. The van der Waals surface area contributed by atoms with E-state index in [1.54, 1.807) is 6.92 Å². The zero-order valence-electron chi connectivity index (χ0n) is 16.3. The molecule has 0 aliphatic carbocycles. The smallest absolute Gasteiger partial charge is 0.306 e. The number of amides is 2. The summed E-state index contributed by atoms with van der Waals surface area (Å²) in [5, 5.41) is 13.8. The van der Waals surface area contributed by atoms with Crippen molar-refractivity contribution in [2.45, 2.75) is 77.0 Å². The van der Waals surface area contributed by atoms with Crippen LogP contribution in [0.5, 0.6) is 0 Å². The highest BCUT2D eigenvalue weighted by atomic mass is 31.2. The third kappa shape index (κ3) is 7.96. The minimum atomic E-state index is -4.19. The Morgan fingerprint density at radius 1 is 1.07 bits per heavy atom. The summed E-state index contributed by atoms with van der Waals surface area (Å²) in [6.45, 7) is 6.76. The van der Waals surface area contributed by atoms with Gasteiger partial charge in [-0.2, -0.15) is 0 Å². The highest BCUT2D eigenvalue weighted by Gasteiger charge is 2.38. The first kappa shape index (κ1) is 25.5. The van der Waals surface area contributed by atoms with Gasteiger partial charge in [0, 0.05) is 0 Å². The molecule has 6 atom stereocenters. The van der Waals surface area contributed by atoms with Crippen LogP contribution in [0.3, 0.4) is 0 Å². The molecule has 0 aromatic rings. The van der Waals surface area contributed by atoms with Crippen LogP contribution in [-0.4, -0.2) is 51.4 Å². The second-order valence-electron chi connectivity index (χ2n) is 6.80. The lowest BCUT2D eigenvalue weighted by molar-refractivity contribution is -0.137. The van der Waals surface area contributed by atoms with Crippen molar-refractivity contribution in [2.24, 2.45) is 17.4 Å². The highest BCUT2D eigenvalue weighted by molar-refractivity contribution is 7.59. The fourth-order valence-electron chi connectivity index (χ4n) is 2.33. The first-order chi connectivity index (χ1) is 12.4. The number of hydrogen-bond donors (Lipinski definition) is 6. The maximum atomic E-state index is 12.6. The van der Waals surface area contributed by atoms with Crippen LogP contribution in [-0.2, 0) is 18.9 Å². The maximum absolute atomic E-state index is 12.6. The molecule has 8 N–H and O–H groups in total. The highest BCUT2D eigenvalue weighted by Crippen LogP contribution is 2.49. The van der Waals surface area contributed by atoms with E-state index < -0.39 is 55.2 Å². The predicted molar refractivity (Wildman–Crippen MR) is 102 cm³/mol. The Morgan fingerprint density at radius 2 is 1.63 bits per heavy atom. The molecule has 0 fully saturated rings. The summed E-state index contributed by atoms with van der Waals surface area (Å²) in [7, 11) is -4.19. The van der Waals surface area contributed by atoms with Crippen LogP contribution in [0.4, 0.5) is 0 Å². The number of carboxylic acid groups (broad SMARTS) is 1. The number of carboxylic acids is 1. The minimum absolute atomic E-state index is 0.0918. The maximum Gasteiger partial charge on any atom is 0.306 e. The van der Waals surface area contributed by atoms with Crippen LogP contribution in [0, 0.1) is 5.92 Å². The Balaban J connectivity index is 5.35. The minimum Gasteiger partial charge on any atom is -0.481 e. The van der Waals surface area contributed by atoms with E-state index in [1.807, 2.05) is 13.8 Å². The molecule has 0 spiro atoms. The van der Waals surface area contributed by atoms with Crippen LogP contribution in [0.1, 0.15) is 53.4 Å². The molecule has 0 saturated heterocycles. The lowest BCUT2D eigenvalue weighted by Crippen LogP contribution is -2.54. The second kappa shape index (κ2) is 11.4. The van der Waals surface area contributed by atoms with Crippen molar-refractivity contribution in [1.29, 1.82) is 0 Å². The van der Waals surface area contributed by atoms with Gasteiger partial charge in [-0.1, -0.05) is 33.6 Å². The molecular formula is C16H33N4O6P. The molecule has 3 unspecified atom stereocenters. The average Bonchev–Trinajstić information content (AvgIpc) is 2.58. The third-order valence-corrected chi connectivity index (χ3v) is 6.85. The number of hydrogen-bond acceptors (Lipinski definition) is 6. The number of aliphatic carboxylic acids is 1. The third-order valence-electron chi connectivity index (χ3n) is 4.48. The molecule has 0 bridgehead atoms. The zero-order chi connectivity index (χ0) is 21.4. The van der Waals surface area contributed by atoms with Gasteiger partial charge in [0.2, 0.25) is 19.2 Å². The number of nitrogens with two attached hydrogens (primary N) is 2. The van der Waals surface area contributed by atoms with Gasteiger partial charge in [-0.05, 0) is 19.3 Å². The van der Waals surface area contributed by atoms with Gasteiger partial charge in [0.15, 0.2) is 0 Å². The Labute approximate surface area is 159 Å². The van der Waals surface area contributed by atoms with Gasteiger partial charge in [0.05, 0.1) is 18.2 Å². The van der Waals surface area contributed by atoms with Gasteiger partial charge >= 0.3 is 5.97 Å². The molecule has 158 valence electrons. The van der Waals surface area contributed by atoms with Crippen LogP contribution in [0.15, 0.2) is 0 Å². The van der Waals surface area contributed by atoms with E-state index in [2.05, 4.69) is 10.6 Å². The van der Waals surface area contributed by atoms with Crippen molar-refractivity contribution in [3.05, 3.63) is 0 Å². The lowest BCUT2D eigenvalue weighted by atomic mass is 9.99. The van der Waals surface area contributed by atoms with Crippen LogP contribution in [0.2, 0.25) is 0 Å². The fraction of sp³-hybridized carbons (Fsp3) is 0.812. The molecule has 0 saturated carbocycles. The first-order valence-corrected chi connectivity index (χ1v) is 10.8. The van der Waals surface area contributed by atoms with E-state index in [0.29, 0.717) is 12.8 Å². The fourth-order valence-corrected chi connectivity index (χ4v) is 3.62. The Morgan fingerprint density at radius 3 is 2.04 bits per heavy atom. The molecule has 0 aromatic carbocycles. The Hall–Kier alpha value is -1.48. The van der Waals surface area contributed by atoms with E-state index in [4.69, 9.17) is 16.6 Å². The summed E-state index contributed by atoms with van der Waals surface area (Å²) in [6.07, 6.45) is 0.728. The molecule has 0 heterocycles. The molecule has 0 aliphatic heterocycles. The summed E-state index contributed by atoms with van der Waals surface area (Å²) in [5.74, 6) is -5.48. The SMILES string of the molecule is CCC[C@H](NC(=O)[C@@H](N)[C@@H](C)CC)C(=O)NC(CC(=O)O)P(=O)(O)C(C)N. The predicted octanol–water partition coefficient (Wildman–Crippen LogP) is 0.137. The summed E-state index contributed by atoms with van der Waals surface area (Å²) < 4.78 is 12.4. The van der Waals surface area contributed by atoms with Gasteiger partial charge in [-0.25, -0.2) is 0 Å². The summed E-state index contributed by atoms with van der Waals surface area (Å²) in [4.78, 5) is 45.9. The lowest BCUT2D eigenvalue weighted by Gasteiger charge is -2.28. The molecule has 2 amide bonds. The van der Waals surface area contributed by atoms with Crippen molar-refractivity contribution in [2.75, 3.05) is 0 Å². The van der Waals surface area contributed by atoms with Gasteiger partial charge in [-0.3, -0.25) is 18.9 Å². The van der Waals surface area contributed by atoms with Crippen LogP contribution >= 0.6 is 7.37 Å². The molecule has 11 heteroatoms. The van der Waals surface area contributed by atoms with Gasteiger partial charge in [-0.15, -0.1) is 0 Å². The summed E-state index contributed by atoms with van der Waals surface area (Å²) in [5.41, 5.74) is 11.4. The van der Waals surface area contributed by atoms with Crippen molar-refractivity contribution in [3.63, 3.8) is 0 Å². The summed E-state index contributed by atoms with van der Waals surface area (Å²) >= 11 is 0. The molecular weight excluding hydrogens is 375 g/mol. The standard InChI is InChI=1S/C16H33N4O6P/c1-5-7-11(19-16(24)14(18)9(3)6-2)15(23)20-12(8-13(21)22)27(25,26)10(4)17/h9-12,14H,5-8,17-18H2,1-4H3,(H,19,24)(H,20,23)(H,21,22)(H,25,26)/t9-,10?,11-,12?,14-/m0/s1. The van der Waals surface area contributed by atoms with Crippen LogP contribution in [0.25, 0.3) is 0 Å². The van der Waals surface area contributed by atoms with Gasteiger partial charge in [0.1, 0.15) is 11.8 Å². The van der Waals surface area contributed by atoms with Crippen molar-refractivity contribution >= 4 is 25.2 Å². The molecule has 0 aliphatic rings. The van der Waals surface area contributed by atoms with E-state index >= 15 is 0 Å². The van der Waals surface area contributed by atoms with E-state index in [0.717, 1.165) is 0 Å². The quantitative estimate of drug-likeness (QED) is 0.246. The average molecular weight is 408 g/mol. The number of rotatable bonds is 12. The van der Waals surface area contributed by atoms with Gasteiger partial charge in [0.25, 0.3) is 0 Å². The van der Waals surface area contributed by atoms with Crippen molar-refractivity contribution in [1.82, 2.24) is 10.6 Å². The van der Waals surface area contributed by atoms with Gasteiger partial charge < -0.3 is 32.1 Å². The monoisotopic (exact) mass is 408 g/mol. The first-order valence-electron chi connectivity index (χ1n) is 9.04. The van der Waals surface area contributed by atoms with E-state index in [-0.39, 0.29) is 12.3 Å². The zero-order valence-corrected chi connectivity index (χ0v) is 17.2. The van der Waals surface area contributed by atoms with Crippen molar-refractivity contribution < 1.29 is 28.9 Å². The molecule has 0 aromatic heterocycles.